The number of piperidine rings is 1. The fraction of sp³-hybridized carbons (Fsp3) is 0.412. The lowest BCUT2D eigenvalue weighted by Crippen LogP contribution is -2.38. The van der Waals surface area contributed by atoms with Crippen LogP contribution in [0, 0.1) is 18.7 Å². The van der Waals surface area contributed by atoms with Gasteiger partial charge in [0.25, 0.3) is 5.91 Å². The minimum atomic E-state index is -0.786. The fourth-order valence-corrected chi connectivity index (χ4v) is 4.38. The standard InChI is InChI=1S/C17H18FNO3S/c1-10-15-12(18)3-2-4-13(15)23-16(10)17(22)19-7-5-11(6-8-19)9-14(20)21/h2-4,11H,5-9H2,1H3,(H,20,21). The number of halogens is 1. The zero-order chi connectivity index (χ0) is 16.6. The number of carbonyl (C=O) groups is 2. The molecule has 0 bridgehead atoms. The van der Waals surface area contributed by atoms with Crippen LogP contribution in [0.3, 0.4) is 0 Å². The summed E-state index contributed by atoms with van der Waals surface area (Å²) in [7, 11) is 0. The van der Waals surface area contributed by atoms with Gasteiger partial charge in [-0.25, -0.2) is 4.39 Å². The van der Waals surface area contributed by atoms with E-state index in [2.05, 4.69) is 0 Å². The first-order valence-corrected chi connectivity index (χ1v) is 8.47. The summed E-state index contributed by atoms with van der Waals surface area (Å²) in [6.45, 7) is 2.91. The zero-order valence-corrected chi connectivity index (χ0v) is 13.7. The maximum Gasteiger partial charge on any atom is 0.303 e. The highest BCUT2D eigenvalue weighted by Gasteiger charge is 2.27. The van der Waals surface area contributed by atoms with Crippen molar-refractivity contribution in [2.45, 2.75) is 26.2 Å². The summed E-state index contributed by atoms with van der Waals surface area (Å²) in [5, 5.41) is 9.38. The van der Waals surface area contributed by atoms with Crippen LogP contribution in [0.25, 0.3) is 10.1 Å². The van der Waals surface area contributed by atoms with E-state index >= 15 is 0 Å². The summed E-state index contributed by atoms with van der Waals surface area (Å²) < 4.78 is 14.7. The molecule has 0 radical (unpaired) electrons. The highest BCUT2D eigenvalue weighted by molar-refractivity contribution is 7.21. The van der Waals surface area contributed by atoms with Crippen LogP contribution in [0.4, 0.5) is 4.39 Å². The first kappa shape index (κ1) is 15.9. The van der Waals surface area contributed by atoms with Gasteiger partial charge in [0.05, 0.1) is 4.88 Å². The number of rotatable bonds is 3. The summed E-state index contributed by atoms with van der Waals surface area (Å²) in [6, 6.07) is 4.89. The average molecular weight is 335 g/mol. The number of amides is 1. The predicted molar refractivity (Wildman–Crippen MR) is 87.4 cm³/mol. The summed E-state index contributed by atoms with van der Waals surface area (Å²) >= 11 is 1.33. The number of thiophene rings is 1. The minimum Gasteiger partial charge on any atom is -0.481 e. The molecule has 1 aromatic heterocycles. The maximum atomic E-state index is 14.0. The average Bonchev–Trinajstić information content (AvgIpc) is 2.85. The molecule has 4 nitrogen and oxygen atoms in total. The van der Waals surface area contributed by atoms with Gasteiger partial charge in [-0.3, -0.25) is 9.59 Å². The maximum absolute atomic E-state index is 14.0. The minimum absolute atomic E-state index is 0.0723. The monoisotopic (exact) mass is 335 g/mol. The number of hydrogen-bond donors (Lipinski definition) is 1. The predicted octanol–water partition coefficient (Wildman–Crippen LogP) is 3.68. The molecule has 1 saturated heterocycles. The van der Waals surface area contributed by atoms with Crippen molar-refractivity contribution in [2.75, 3.05) is 13.1 Å². The Kier molecular flexibility index (Phi) is 4.35. The number of carboxylic acids is 1. The molecule has 1 fully saturated rings. The van der Waals surface area contributed by atoms with Crippen molar-refractivity contribution >= 4 is 33.3 Å². The molecule has 1 aliphatic heterocycles. The van der Waals surface area contributed by atoms with Gasteiger partial charge in [0, 0.05) is 29.6 Å². The molecular weight excluding hydrogens is 317 g/mol. The van der Waals surface area contributed by atoms with Gasteiger partial charge in [0.15, 0.2) is 0 Å². The van der Waals surface area contributed by atoms with E-state index < -0.39 is 5.97 Å². The second kappa shape index (κ2) is 6.28. The van der Waals surface area contributed by atoms with Crippen LogP contribution in [0.1, 0.15) is 34.5 Å². The highest BCUT2D eigenvalue weighted by atomic mass is 32.1. The van der Waals surface area contributed by atoms with Gasteiger partial charge in [0.2, 0.25) is 0 Å². The quantitative estimate of drug-likeness (QED) is 0.931. The summed E-state index contributed by atoms with van der Waals surface area (Å²) in [4.78, 5) is 25.8. The number of fused-ring (bicyclic) bond motifs is 1. The van der Waals surface area contributed by atoms with Crippen LogP contribution in [-0.4, -0.2) is 35.0 Å². The number of nitrogens with zero attached hydrogens (tertiary/aromatic N) is 1. The van der Waals surface area contributed by atoms with Crippen LogP contribution in [0.2, 0.25) is 0 Å². The molecule has 0 unspecified atom stereocenters. The SMILES string of the molecule is Cc1c(C(=O)N2CCC(CC(=O)O)CC2)sc2cccc(F)c12. The Morgan fingerprint density at radius 3 is 2.65 bits per heavy atom. The van der Waals surface area contributed by atoms with Gasteiger partial charge in [-0.05, 0) is 43.4 Å². The Bertz CT molecular complexity index is 763. The van der Waals surface area contributed by atoms with Gasteiger partial charge in [-0.15, -0.1) is 11.3 Å². The van der Waals surface area contributed by atoms with Crippen molar-refractivity contribution in [2.24, 2.45) is 5.92 Å². The van der Waals surface area contributed by atoms with E-state index in [4.69, 9.17) is 5.11 Å². The Hall–Kier alpha value is -1.95. The first-order chi connectivity index (χ1) is 11.0. The lowest BCUT2D eigenvalue weighted by atomic mass is 9.93. The summed E-state index contributed by atoms with van der Waals surface area (Å²) in [5.74, 6) is -1.02. The molecule has 0 atom stereocenters. The van der Waals surface area contributed by atoms with Crippen molar-refractivity contribution in [3.63, 3.8) is 0 Å². The number of carbonyl (C=O) groups excluding carboxylic acids is 1. The Labute approximate surface area is 137 Å². The first-order valence-electron chi connectivity index (χ1n) is 7.66. The molecule has 0 saturated carbocycles. The van der Waals surface area contributed by atoms with E-state index in [1.54, 1.807) is 17.9 Å². The normalized spacial score (nSPS) is 16.0. The number of benzene rings is 1. The van der Waals surface area contributed by atoms with E-state index in [1.807, 2.05) is 6.07 Å². The molecule has 3 rings (SSSR count). The molecule has 0 spiro atoms. The van der Waals surface area contributed by atoms with Gasteiger partial charge in [-0.2, -0.15) is 0 Å². The van der Waals surface area contributed by atoms with E-state index in [9.17, 15) is 14.0 Å². The molecule has 23 heavy (non-hydrogen) atoms. The van der Waals surface area contributed by atoms with Gasteiger partial charge in [-0.1, -0.05) is 6.07 Å². The number of aryl methyl sites for hydroxylation is 1. The second-order valence-electron chi connectivity index (χ2n) is 6.00. The number of carboxylic acid groups (broad SMARTS) is 1. The lowest BCUT2D eigenvalue weighted by Gasteiger charge is -2.31. The zero-order valence-electron chi connectivity index (χ0n) is 12.8. The third-order valence-corrected chi connectivity index (χ3v) is 5.71. The van der Waals surface area contributed by atoms with Gasteiger partial charge >= 0.3 is 5.97 Å². The number of aliphatic carboxylic acids is 1. The van der Waals surface area contributed by atoms with E-state index in [-0.39, 0.29) is 24.1 Å². The van der Waals surface area contributed by atoms with Gasteiger partial charge < -0.3 is 10.0 Å². The van der Waals surface area contributed by atoms with E-state index in [1.165, 1.54) is 17.4 Å². The molecule has 1 aliphatic rings. The molecule has 122 valence electrons. The van der Waals surface area contributed by atoms with Crippen molar-refractivity contribution in [3.8, 4) is 0 Å². The molecule has 1 amide bonds. The van der Waals surface area contributed by atoms with E-state index in [0.717, 1.165) is 4.70 Å². The van der Waals surface area contributed by atoms with Crippen molar-refractivity contribution in [3.05, 3.63) is 34.5 Å². The number of likely N-dealkylation sites (tertiary alicyclic amines) is 1. The van der Waals surface area contributed by atoms with Crippen molar-refractivity contribution < 1.29 is 19.1 Å². The van der Waals surface area contributed by atoms with Gasteiger partial charge in [0.1, 0.15) is 5.82 Å². The molecule has 1 N–H and O–H groups in total. The lowest BCUT2D eigenvalue weighted by molar-refractivity contribution is -0.138. The van der Waals surface area contributed by atoms with Crippen LogP contribution in [0.15, 0.2) is 18.2 Å². The fourth-order valence-electron chi connectivity index (χ4n) is 3.19. The topological polar surface area (TPSA) is 57.6 Å². The molecular formula is C17H18FNO3S. The Balaban J connectivity index is 1.78. The second-order valence-corrected chi connectivity index (χ2v) is 7.05. The third-order valence-electron chi connectivity index (χ3n) is 4.46. The Morgan fingerprint density at radius 2 is 2.04 bits per heavy atom. The van der Waals surface area contributed by atoms with Crippen LogP contribution in [0.5, 0.6) is 0 Å². The van der Waals surface area contributed by atoms with Crippen molar-refractivity contribution in [1.29, 1.82) is 0 Å². The van der Waals surface area contributed by atoms with Crippen LogP contribution >= 0.6 is 11.3 Å². The van der Waals surface area contributed by atoms with E-state index in [0.29, 0.717) is 41.8 Å². The molecule has 2 aromatic rings. The summed E-state index contributed by atoms with van der Waals surface area (Å²) in [6.07, 6.45) is 1.57. The van der Waals surface area contributed by atoms with Crippen LogP contribution < -0.4 is 0 Å². The molecule has 6 heteroatoms. The van der Waals surface area contributed by atoms with Crippen molar-refractivity contribution in [1.82, 2.24) is 4.90 Å². The largest absolute Gasteiger partial charge is 0.481 e. The third kappa shape index (κ3) is 3.08. The highest BCUT2D eigenvalue weighted by Crippen LogP contribution is 2.34. The number of hydrogen-bond acceptors (Lipinski definition) is 3. The summed E-state index contributed by atoms with van der Waals surface area (Å²) in [5.41, 5.74) is 0.695. The Morgan fingerprint density at radius 1 is 1.35 bits per heavy atom. The smallest absolute Gasteiger partial charge is 0.303 e. The molecule has 0 aliphatic carbocycles. The molecule has 2 heterocycles. The molecule has 1 aromatic carbocycles. The van der Waals surface area contributed by atoms with Crippen LogP contribution in [-0.2, 0) is 4.79 Å².